The molecule has 2 heterocycles. The molecule has 4 heteroatoms. The van der Waals surface area contributed by atoms with E-state index in [1.807, 2.05) is 34.1 Å². The molecule has 1 saturated carbocycles. The second-order valence-electron chi connectivity index (χ2n) is 9.45. The number of piperazine rings is 1. The first-order valence-corrected chi connectivity index (χ1v) is 10.7. The molecule has 4 nitrogen and oxygen atoms in total. The highest BCUT2D eigenvalue weighted by Crippen LogP contribution is 2.45. The van der Waals surface area contributed by atoms with Gasteiger partial charge < -0.3 is 9.80 Å². The third kappa shape index (κ3) is 3.15. The summed E-state index contributed by atoms with van der Waals surface area (Å²) in [5, 5.41) is 0. The average molecular weight is 389 g/mol. The number of nitrogens with zero attached hydrogens (tertiary/aromatic N) is 2. The first-order chi connectivity index (χ1) is 14.0. The molecular weight excluding hydrogens is 360 g/mol. The fraction of sp³-hybridized carbons (Fsp3) is 0.440. The first kappa shape index (κ1) is 18.4. The van der Waals surface area contributed by atoms with Crippen molar-refractivity contribution in [3.05, 3.63) is 71.3 Å². The van der Waals surface area contributed by atoms with Gasteiger partial charge in [0.05, 0.1) is 18.5 Å². The Kier molecular flexibility index (Phi) is 4.27. The van der Waals surface area contributed by atoms with Gasteiger partial charge >= 0.3 is 0 Å². The Balaban J connectivity index is 1.47. The fourth-order valence-corrected chi connectivity index (χ4v) is 5.25. The summed E-state index contributed by atoms with van der Waals surface area (Å²) in [4.78, 5) is 30.5. The van der Waals surface area contributed by atoms with Gasteiger partial charge in [0, 0.05) is 18.5 Å². The molecule has 150 valence electrons. The van der Waals surface area contributed by atoms with Crippen LogP contribution in [0.25, 0.3) is 0 Å². The molecule has 2 aromatic rings. The molecule has 0 N–H and O–H groups in total. The molecule has 0 bridgehead atoms. The van der Waals surface area contributed by atoms with E-state index in [1.54, 1.807) is 0 Å². The third-order valence-electron chi connectivity index (χ3n) is 6.86. The van der Waals surface area contributed by atoms with Crippen molar-refractivity contribution in [3.63, 3.8) is 0 Å². The zero-order valence-electron chi connectivity index (χ0n) is 17.2. The van der Waals surface area contributed by atoms with Gasteiger partial charge in [-0.15, -0.1) is 0 Å². The normalized spacial score (nSPS) is 23.9. The number of hydrogen-bond acceptors (Lipinski definition) is 2. The highest BCUT2D eigenvalue weighted by atomic mass is 16.2. The van der Waals surface area contributed by atoms with Crippen LogP contribution in [0.15, 0.2) is 54.6 Å². The smallest absolute Gasteiger partial charge is 0.242 e. The molecule has 2 amide bonds. The van der Waals surface area contributed by atoms with Gasteiger partial charge in [0.2, 0.25) is 11.8 Å². The maximum atomic E-state index is 13.6. The lowest BCUT2D eigenvalue weighted by Crippen LogP contribution is -2.59. The van der Waals surface area contributed by atoms with Gasteiger partial charge in [-0.2, -0.15) is 0 Å². The minimum atomic E-state index is -0.120. The lowest BCUT2D eigenvalue weighted by Gasteiger charge is -2.50. The van der Waals surface area contributed by atoms with E-state index >= 15 is 0 Å². The van der Waals surface area contributed by atoms with Crippen molar-refractivity contribution in [2.45, 2.75) is 44.1 Å². The molecule has 0 radical (unpaired) electrons. The van der Waals surface area contributed by atoms with Crippen LogP contribution in [-0.2, 0) is 15.0 Å². The first-order valence-electron chi connectivity index (χ1n) is 10.7. The summed E-state index contributed by atoms with van der Waals surface area (Å²) in [6.07, 6.45) is 2.19. The van der Waals surface area contributed by atoms with Gasteiger partial charge in [-0.05, 0) is 35.4 Å². The van der Waals surface area contributed by atoms with Crippen LogP contribution in [0.4, 0.5) is 0 Å². The molecule has 2 unspecified atom stereocenters. The van der Waals surface area contributed by atoms with Gasteiger partial charge in [-0.25, -0.2) is 0 Å². The molecule has 0 aromatic heterocycles. The summed E-state index contributed by atoms with van der Waals surface area (Å²) in [5.41, 5.74) is 3.50. The lowest BCUT2D eigenvalue weighted by atomic mass is 9.75. The summed E-state index contributed by atoms with van der Waals surface area (Å²) < 4.78 is 0. The average Bonchev–Trinajstić information content (AvgIpc) is 3.55. The van der Waals surface area contributed by atoms with Crippen LogP contribution in [0.5, 0.6) is 0 Å². The SMILES string of the molecule is CC1(C)CN2C(=O)CN(C(=O)C(c3ccccc3)C3CC3)CC2c2ccccc21. The topological polar surface area (TPSA) is 40.6 Å². The van der Waals surface area contributed by atoms with E-state index in [0.29, 0.717) is 19.0 Å². The number of carbonyl (C=O) groups is 2. The van der Waals surface area contributed by atoms with Gasteiger partial charge in [0.25, 0.3) is 0 Å². The van der Waals surface area contributed by atoms with E-state index in [-0.39, 0.29) is 35.7 Å². The quantitative estimate of drug-likeness (QED) is 0.801. The Morgan fingerprint density at radius 1 is 1.03 bits per heavy atom. The molecule has 2 aromatic carbocycles. The maximum absolute atomic E-state index is 13.6. The second kappa shape index (κ2) is 6.72. The van der Waals surface area contributed by atoms with Gasteiger partial charge in [-0.3, -0.25) is 9.59 Å². The summed E-state index contributed by atoms with van der Waals surface area (Å²) in [5.74, 6) is 0.482. The number of amides is 2. The molecule has 5 rings (SSSR count). The summed E-state index contributed by atoms with van der Waals surface area (Å²) >= 11 is 0. The van der Waals surface area contributed by atoms with Crippen LogP contribution in [0.1, 0.15) is 55.3 Å². The fourth-order valence-electron chi connectivity index (χ4n) is 5.25. The van der Waals surface area contributed by atoms with Crippen LogP contribution in [0.3, 0.4) is 0 Å². The molecule has 2 aliphatic heterocycles. The predicted molar refractivity (Wildman–Crippen MR) is 112 cm³/mol. The Labute approximate surface area is 172 Å². The van der Waals surface area contributed by atoms with Crippen molar-refractivity contribution < 1.29 is 9.59 Å². The number of carbonyl (C=O) groups excluding carboxylic acids is 2. The Bertz CT molecular complexity index is 948. The van der Waals surface area contributed by atoms with Gasteiger partial charge in [0.1, 0.15) is 0 Å². The van der Waals surface area contributed by atoms with E-state index in [4.69, 9.17) is 0 Å². The van der Waals surface area contributed by atoms with Crippen molar-refractivity contribution in [2.24, 2.45) is 5.92 Å². The third-order valence-corrected chi connectivity index (χ3v) is 6.86. The van der Waals surface area contributed by atoms with Crippen LogP contribution in [0.2, 0.25) is 0 Å². The Morgan fingerprint density at radius 3 is 2.45 bits per heavy atom. The van der Waals surface area contributed by atoms with E-state index in [1.165, 1.54) is 11.1 Å². The summed E-state index contributed by atoms with van der Waals surface area (Å²) in [7, 11) is 0. The minimum Gasteiger partial charge on any atom is -0.331 e. The Morgan fingerprint density at radius 2 is 1.72 bits per heavy atom. The van der Waals surface area contributed by atoms with Crippen molar-refractivity contribution in [1.82, 2.24) is 9.80 Å². The van der Waals surface area contributed by atoms with Crippen molar-refractivity contribution in [3.8, 4) is 0 Å². The molecule has 29 heavy (non-hydrogen) atoms. The number of fused-ring (bicyclic) bond motifs is 3. The highest BCUT2D eigenvalue weighted by Gasteiger charge is 2.46. The molecule has 1 aliphatic carbocycles. The van der Waals surface area contributed by atoms with Gasteiger partial charge in [-0.1, -0.05) is 68.4 Å². The zero-order valence-corrected chi connectivity index (χ0v) is 17.2. The van der Waals surface area contributed by atoms with Crippen LogP contribution < -0.4 is 0 Å². The molecular formula is C25H28N2O2. The minimum absolute atomic E-state index is 0.0416. The van der Waals surface area contributed by atoms with Gasteiger partial charge in [0.15, 0.2) is 0 Å². The molecule has 3 aliphatic rings. The van der Waals surface area contributed by atoms with Crippen molar-refractivity contribution in [1.29, 1.82) is 0 Å². The molecule has 2 fully saturated rings. The zero-order chi connectivity index (χ0) is 20.2. The number of hydrogen-bond donors (Lipinski definition) is 0. The van der Waals surface area contributed by atoms with E-state index in [2.05, 4.69) is 44.2 Å². The van der Waals surface area contributed by atoms with Crippen LogP contribution in [0, 0.1) is 5.92 Å². The molecule has 1 saturated heterocycles. The van der Waals surface area contributed by atoms with E-state index < -0.39 is 0 Å². The standard InChI is InChI=1S/C25H28N2O2/c1-25(2)16-27-21(19-10-6-7-11-20(19)25)14-26(15-22(27)28)24(29)23(18-12-13-18)17-8-4-3-5-9-17/h3-11,18,21,23H,12-16H2,1-2H3. The van der Waals surface area contributed by atoms with E-state index in [0.717, 1.165) is 18.4 Å². The monoisotopic (exact) mass is 388 g/mol. The largest absolute Gasteiger partial charge is 0.331 e. The molecule has 2 atom stereocenters. The summed E-state index contributed by atoms with van der Waals surface area (Å²) in [6, 6.07) is 18.5. The Hall–Kier alpha value is -2.62. The van der Waals surface area contributed by atoms with Crippen molar-refractivity contribution >= 4 is 11.8 Å². The van der Waals surface area contributed by atoms with Crippen molar-refractivity contribution in [2.75, 3.05) is 19.6 Å². The van der Waals surface area contributed by atoms with Crippen LogP contribution >= 0.6 is 0 Å². The predicted octanol–water partition coefficient (Wildman–Crippen LogP) is 3.88. The highest BCUT2D eigenvalue weighted by molar-refractivity contribution is 5.90. The maximum Gasteiger partial charge on any atom is 0.242 e. The van der Waals surface area contributed by atoms with E-state index in [9.17, 15) is 9.59 Å². The number of benzene rings is 2. The van der Waals surface area contributed by atoms with Crippen LogP contribution in [-0.4, -0.2) is 41.2 Å². The summed E-state index contributed by atoms with van der Waals surface area (Å²) in [6.45, 7) is 5.90. The second-order valence-corrected chi connectivity index (χ2v) is 9.45. The lowest BCUT2D eigenvalue weighted by molar-refractivity contribution is -0.151. The number of rotatable bonds is 3. The molecule has 0 spiro atoms.